The lowest BCUT2D eigenvalue weighted by atomic mass is 10.1. The van der Waals surface area contributed by atoms with Gasteiger partial charge in [0, 0.05) is 20.3 Å². The number of hydrogen-bond donors (Lipinski definition) is 1. The van der Waals surface area contributed by atoms with Crippen LogP contribution in [0.4, 0.5) is 5.69 Å². The molecule has 3 rings (SSSR count). The van der Waals surface area contributed by atoms with Gasteiger partial charge in [0.25, 0.3) is 5.91 Å². The minimum atomic E-state index is -0.0710. The molecule has 1 aliphatic rings. The fourth-order valence-corrected chi connectivity index (χ4v) is 2.98. The molecule has 2 aromatic rings. The van der Waals surface area contributed by atoms with Gasteiger partial charge in [0.1, 0.15) is 0 Å². The third-order valence-corrected chi connectivity index (χ3v) is 4.00. The van der Waals surface area contributed by atoms with Gasteiger partial charge in [-0.1, -0.05) is 17.7 Å². The number of hydrogen-bond acceptors (Lipinski definition) is 2. The number of thiophene rings is 1. The molecule has 0 saturated heterocycles. The van der Waals surface area contributed by atoms with E-state index in [0.29, 0.717) is 10.6 Å². The Labute approximate surface area is 114 Å². The van der Waals surface area contributed by atoms with Crippen LogP contribution in [0, 0.1) is 6.92 Å². The molecule has 1 amide bonds. The third kappa shape index (κ3) is 1.96. The van der Waals surface area contributed by atoms with Gasteiger partial charge in [-0.05, 0) is 37.3 Å². The van der Waals surface area contributed by atoms with Crippen LogP contribution in [0.1, 0.15) is 15.3 Å². The van der Waals surface area contributed by atoms with Crippen LogP contribution in [0.3, 0.4) is 0 Å². The van der Waals surface area contributed by atoms with Crippen LogP contribution in [0.25, 0.3) is 11.6 Å². The number of nitrogens with one attached hydrogen (secondary N) is 1. The first-order valence-electron chi connectivity index (χ1n) is 5.53. The van der Waals surface area contributed by atoms with Crippen molar-refractivity contribution in [2.24, 2.45) is 0 Å². The normalized spacial score (nSPS) is 15.9. The van der Waals surface area contributed by atoms with Crippen molar-refractivity contribution >= 4 is 46.2 Å². The fourth-order valence-electron chi connectivity index (χ4n) is 1.98. The molecule has 1 aromatic heterocycles. The van der Waals surface area contributed by atoms with Gasteiger partial charge < -0.3 is 5.32 Å². The lowest BCUT2D eigenvalue weighted by Gasteiger charge is -1.98. The quantitative estimate of drug-likeness (QED) is 0.777. The summed E-state index contributed by atoms with van der Waals surface area (Å²) in [6.45, 7) is 2.05. The number of anilines is 1. The maximum atomic E-state index is 11.9. The lowest BCUT2D eigenvalue weighted by Crippen LogP contribution is -2.03. The van der Waals surface area contributed by atoms with E-state index in [0.717, 1.165) is 16.1 Å². The highest BCUT2D eigenvalue weighted by atomic mass is 35.5. The number of halogens is 1. The molecule has 2 nitrogen and oxygen atoms in total. The first kappa shape index (κ1) is 11.5. The average Bonchev–Trinajstić information content (AvgIpc) is 2.84. The predicted octanol–water partition coefficient (Wildman–Crippen LogP) is 4.20. The highest BCUT2D eigenvalue weighted by molar-refractivity contribution is 7.12. The van der Waals surface area contributed by atoms with Crippen LogP contribution in [-0.2, 0) is 4.79 Å². The Morgan fingerprint density at radius 3 is 2.83 bits per heavy atom. The number of carbonyl (C=O) groups is 1. The lowest BCUT2D eigenvalue weighted by molar-refractivity contribution is -0.110. The molecule has 0 fully saturated rings. The number of rotatable bonds is 1. The van der Waals surface area contributed by atoms with Crippen molar-refractivity contribution in [3.05, 3.63) is 50.7 Å². The number of amides is 1. The van der Waals surface area contributed by atoms with Crippen LogP contribution in [-0.4, -0.2) is 5.91 Å². The summed E-state index contributed by atoms with van der Waals surface area (Å²) in [4.78, 5) is 14.3. The van der Waals surface area contributed by atoms with Gasteiger partial charge in [0.2, 0.25) is 0 Å². The monoisotopic (exact) mass is 275 g/mol. The molecule has 0 aliphatic carbocycles. The Kier molecular flexibility index (Phi) is 2.73. The topological polar surface area (TPSA) is 29.1 Å². The van der Waals surface area contributed by atoms with Gasteiger partial charge in [-0.3, -0.25) is 4.79 Å². The highest BCUT2D eigenvalue weighted by Gasteiger charge is 2.24. The van der Waals surface area contributed by atoms with Crippen LogP contribution in [0.15, 0.2) is 30.3 Å². The molecule has 0 atom stereocenters. The second kappa shape index (κ2) is 4.26. The van der Waals surface area contributed by atoms with E-state index in [4.69, 9.17) is 11.6 Å². The molecule has 4 heteroatoms. The zero-order chi connectivity index (χ0) is 12.7. The molecule has 0 bridgehead atoms. The van der Waals surface area contributed by atoms with E-state index in [2.05, 4.69) is 12.2 Å². The first-order valence-corrected chi connectivity index (χ1v) is 6.72. The van der Waals surface area contributed by atoms with Gasteiger partial charge >= 0.3 is 0 Å². The summed E-state index contributed by atoms with van der Waals surface area (Å²) in [6.07, 6.45) is 1.92. The van der Waals surface area contributed by atoms with Crippen molar-refractivity contribution in [3.8, 4) is 0 Å². The molecule has 0 spiro atoms. The summed E-state index contributed by atoms with van der Waals surface area (Å²) in [7, 11) is 0. The molecule has 1 aliphatic heterocycles. The first-order chi connectivity index (χ1) is 8.63. The van der Waals surface area contributed by atoms with Crippen molar-refractivity contribution in [2.75, 3.05) is 5.32 Å². The minimum Gasteiger partial charge on any atom is -0.321 e. The number of benzene rings is 1. The zero-order valence-corrected chi connectivity index (χ0v) is 11.2. The van der Waals surface area contributed by atoms with E-state index in [1.54, 1.807) is 23.5 Å². The van der Waals surface area contributed by atoms with Crippen molar-refractivity contribution < 1.29 is 4.79 Å². The molecule has 1 aromatic carbocycles. The van der Waals surface area contributed by atoms with Crippen molar-refractivity contribution in [1.82, 2.24) is 0 Å². The molecular weight excluding hydrogens is 266 g/mol. The van der Waals surface area contributed by atoms with Crippen LogP contribution in [0.5, 0.6) is 0 Å². The molecule has 0 unspecified atom stereocenters. The van der Waals surface area contributed by atoms with Gasteiger partial charge in [0.05, 0.1) is 11.3 Å². The molecule has 0 radical (unpaired) electrons. The van der Waals surface area contributed by atoms with E-state index in [1.807, 2.05) is 24.3 Å². The van der Waals surface area contributed by atoms with E-state index in [-0.39, 0.29) is 5.91 Å². The van der Waals surface area contributed by atoms with Gasteiger partial charge in [0.15, 0.2) is 0 Å². The number of aryl methyl sites for hydroxylation is 1. The summed E-state index contributed by atoms with van der Waals surface area (Å²) in [5.41, 5.74) is 2.39. The van der Waals surface area contributed by atoms with Gasteiger partial charge in [-0.2, -0.15) is 0 Å². The van der Waals surface area contributed by atoms with E-state index < -0.39 is 0 Å². The van der Waals surface area contributed by atoms with Crippen LogP contribution in [0.2, 0.25) is 5.02 Å². The second-order valence-electron chi connectivity index (χ2n) is 4.15. The van der Waals surface area contributed by atoms with E-state index in [1.165, 1.54) is 4.88 Å². The zero-order valence-electron chi connectivity index (χ0n) is 9.66. The molecular formula is C14H10ClNOS. The van der Waals surface area contributed by atoms with Gasteiger partial charge in [-0.25, -0.2) is 0 Å². The SMILES string of the molecule is Cc1ccc(C=C2C(=O)Nc3cc(Cl)ccc32)s1. The van der Waals surface area contributed by atoms with Crippen molar-refractivity contribution in [2.45, 2.75) is 6.92 Å². The Balaban J connectivity index is 2.09. The Morgan fingerprint density at radius 2 is 2.11 bits per heavy atom. The molecule has 90 valence electrons. The number of carbonyl (C=O) groups excluding carboxylic acids is 1. The summed E-state index contributed by atoms with van der Waals surface area (Å²) in [5, 5.41) is 3.46. The summed E-state index contributed by atoms with van der Waals surface area (Å²) < 4.78 is 0. The Morgan fingerprint density at radius 1 is 1.28 bits per heavy atom. The summed E-state index contributed by atoms with van der Waals surface area (Å²) in [5.74, 6) is -0.0710. The maximum absolute atomic E-state index is 11.9. The third-order valence-electron chi connectivity index (χ3n) is 2.81. The minimum absolute atomic E-state index is 0.0710. The van der Waals surface area contributed by atoms with E-state index in [9.17, 15) is 4.79 Å². The molecule has 18 heavy (non-hydrogen) atoms. The molecule has 1 N–H and O–H groups in total. The second-order valence-corrected chi connectivity index (χ2v) is 5.91. The van der Waals surface area contributed by atoms with Crippen molar-refractivity contribution in [1.29, 1.82) is 0 Å². The Hall–Kier alpha value is -1.58. The summed E-state index contributed by atoms with van der Waals surface area (Å²) >= 11 is 7.59. The van der Waals surface area contributed by atoms with E-state index >= 15 is 0 Å². The molecule has 2 heterocycles. The highest BCUT2D eigenvalue weighted by Crippen LogP contribution is 2.35. The van der Waals surface area contributed by atoms with Crippen molar-refractivity contribution in [3.63, 3.8) is 0 Å². The maximum Gasteiger partial charge on any atom is 0.256 e. The van der Waals surface area contributed by atoms with Crippen LogP contribution < -0.4 is 5.32 Å². The van der Waals surface area contributed by atoms with Crippen LogP contribution >= 0.6 is 22.9 Å². The number of fused-ring (bicyclic) bond motifs is 1. The largest absolute Gasteiger partial charge is 0.321 e. The smallest absolute Gasteiger partial charge is 0.256 e. The Bertz CT molecular complexity index is 672. The van der Waals surface area contributed by atoms with Gasteiger partial charge in [-0.15, -0.1) is 11.3 Å². The predicted molar refractivity (Wildman–Crippen MR) is 77.0 cm³/mol. The molecule has 0 saturated carbocycles. The standard InChI is InChI=1S/C14H10ClNOS/c1-8-2-4-10(18-8)7-12-11-5-3-9(15)6-13(11)16-14(12)17/h2-7H,1H3,(H,16,17). The summed E-state index contributed by atoms with van der Waals surface area (Å²) in [6, 6.07) is 9.52. The average molecular weight is 276 g/mol. The fraction of sp³-hybridized carbons (Fsp3) is 0.0714.